The van der Waals surface area contributed by atoms with Gasteiger partial charge in [-0.3, -0.25) is 4.79 Å². The Morgan fingerprint density at radius 1 is 1.19 bits per heavy atom. The van der Waals surface area contributed by atoms with E-state index in [4.69, 9.17) is 4.74 Å². The second kappa shape index (κ2) is 7.43. The highest BCUT2D eigenvalue weighted by Gasteiger charge is 2.23. The number of benzene rings is 1. The summed E-state index contributed by atoms with van der Waals surface area (Å²) in [6.07, 6.45) is 6.08. The van der Waals surface area contributed by atoms with Gasteiger partial charge in [0.2, 0.25) is 0 Å². The molecule has 0 atom stereocenters. The molecule has 0 saturated carbocycles. The molecule has 1 fully saturated rings. The van der Waals surface area contributed by atoms with Gasteiger partial charge in [-0.25, -0.2) is 4.98 Å². The molecule has 0 unspecified atom stereocenters. The first-order chi connectivity index (χ1) is 13.1. The molecule has 0 aliphatic carbocycles. The van der Waals surface area contributed by atoms with E-state index < -0.39 is 0 Å². The van der Waals surface area contributed by atoms with Crippen LogP contribution in [-0.4, -0.2) is 33.3 Å². The molecule has 3 aromatic rings. The number of rotatable bonds is 4. The van der Waals surface area contributed by atoms with E-state index in [1.165, 1.54) is 0 Å². The predicted molar refractivity (Wildman–Crippen MR) is 105 cm³/mol. The lowest BCUT2D eigenvalue weighted by Crippen LogP contribution is -2.38. The Balaban J connectivity index is 1.50. The summed E-state index contributed by atoms with van der Waals surface area (Å²) in [5.41, 5.74) is 3.53. The Labute approximate surface area is 159 Å². The Kier molecular flexibility index (Phi) is 4.84. The van der Waals surface area contributed by atoms with E-state index >= 15 is 0 Å². The number of hydrogen-bond acceptors (Lipinski definition) is 3. The molecule has 1 aliphatic rings. The molecule has 2 aromatic heterocycles. The highest BCUT2D eigenvalue weighted by atomic mass is 16.5. The van der Waals surface area contributed by atoms with E-state index in [-0.39, 0.29) is 5.91 Å². The van der Waals surface area contributed by atoms with Gasteiger partial charge in [0.15, 0.2) is 0 Å². The molecule has 0 radical (unpaired) electrons. The number of carbonyl (C=O) groups is 1. The van der Waals surface area contributed by atoms with Gasteiger partial charge in [-0.1, -0.05) is 25.1 Å². The Bertz CT molecular complexity index is 955. The smallest absolute Gasteiger partial charge is 0.257 e. The average Bonchev–Trinajstić information content (AvgIpc) is 3.11. The summed E-state index contributed by atoms with van der Waals surface area (Å²) in [4.78, 5) is 19.5. The number of pyridine rings is 1. The number of aromatic nitrogens is 2. The van der Waals surface area contributed by atoms with Crippen LogP contribution in [0.25, 0.3) is 5.65 Å². The van der Waals surface area contributed by atoms with Crippen LogP contribution >= 0.6 is 0 Å². The molecular formula is C22H25N3O2. The highest BCUT2D eigenvalue weighted by molar-refractivity contribution is 5.97. The first-order valence-corrected chi connectivity index (χ1v) is 9.56. The third-order valence-electron chi connectivity index (χ3n) is 5.29. The molecule has 4 rings (SSSR count). The lowest BCUT2D eigenvalue weighted by molar-refractivity contribution is 0.0692. The summed E-state index contributed by atoms with van der Waals surface area (Å²) in [6.45, 7) is 6.26. The van der Waals surface area contributed by atoms with Crippen molar-refractivity contribution in [2.45, 2.75) is 33.3 Å². The van der Waals surface area contributed by atoms with Crippen LogP contribution in [-0.2, 0) is 6.61 Å². The molecule has 27 heavy (non-hydrogen) atoms. The first-order valence-electron chi connectivity index (χ1n) is 9.56. The zero-order valence-electron chi connectivity index (χ0n) is 15.9. The number of ether oxygens (including phenoxy) is 1. The van der Waals surface area contributed by atoms with Crippen LogP contribution in [0.3, 0.4) is 0 Å². The fourth-order valence-electron chi connectivity index (χ4n) is 3.58. The van der Waals surface area contributed by atoms with Crippen LogP contribution in [0.15, 0.2) is 48.8 Å². The lowest BCUT2D eigenvalue weighted by Gasteiger charge is -2.30. The number of fused-ring (bicyclic) bond motifs is 1. The molecule has 1 aromatic carbocycles. The van der Waals surface area contributed by atoms with Gasteiger partial charge in [-0.05, 0) is 49.4 Å². The van der Waals surface area contributed by atoms with Crippen molar-refractivity contribution in [3.63, 3.8) is 0 Å². The normalized spacial score (nSPS) is 15.3. The average molecular weight is 363 g/mol. The molecule has 0 spiro atoms. The summed E-state index contributed by atoms with van der Waals surface area (Å²) < 4.78 is 8.00. The number of likely N-dealkylation sites (tertiary alicyclic amines) is 1. The Morgan fingerprint density at radius 3 is 2.74 bits per heavy atom. The van der Waals surface area contributed by atoms with E-state index in [0.29, 0.717) is 23.8 Å². The predicted octanol–water partition coefficient (Wildman–Crippen LogP) is 4.09. The number of imidazole rings is 1. The standard InChI is InChI=1S/C22H25N3O2/c1-16-9-12-24(13-10-16)22(26)19-7-3-4-8-20(19)27-15-18-14-25-11-5-6-17(2)21(25)23-18/h3-8,11,14,16H,9-10,12-13,15H2,1-2H3. The van der Waals surface area contributed by atoms with E-state index in [1.807, 2.05) is 65.0 Å². The molecule has 1 amide bonds. The summed E-state index contributed by atoms with van der Waals surface area (Å²) in [7, 11) is 0. The van der Waals surface area contributed by atoms with Crippen molar-refractivity contribution in [1.29, 1.82) is 0 Å². The maximum atomic E-state index is 13.0. The second-order valence-electron chi connectivity index (χ2n) is 7.41. The van der Waals surface area contributed by atoms with E-state index in [2.05, 4.69) is 11.9 Å². The van der Waals surface area contributed by atoms with Crippen LogP contribution < -0.4 is 4.74 Å². The summed E-state index contributed by atoms with van der Waals surface area (Å²) >= 11 is 0. The second-order valence-corrected chi connectivity index (χ2v) is 7.41. The maximum Gasteiger partial charge on any atom is 0.257 e. The van der Waals surface area contributed by atoms with Gasteiger partial charge >= 0.3 is 0 Å². The third-order valence-corrected chi connectivity index (χ3v) is 5.29. The highest BCUT2D eigenvalue weighted by Crippen LogP contribution is 2.24. The molecule has 5 heteroatoms. The summed E-state index contributed by atoms with van der Waals surface area (Å²) in [5, 5.41) is 0. The van der Waals surface area contributed by atoms with Crippen molar-refractivity contribution in [2.24, 2.45) is 5.92 Å². The Morgan fingerprint density at radius 2 is 1.96 bits per heavy atom. The number of para-hydroxylation sites is 1. The number of nitrogens with zero attached hydrogens (tertiary/aromatic N) is 3. The SMILES string of the molecule is Cc1cccn2cc(COc3ccccc3C(=O)N3CCC(C)CC3)nc12. The van der Waals surface area contributed by atoms with Crippen LogP contribution in [0.1, 0.15) is 41.4 Å². The van der Waals surface area contributed by atoms with Crippen LogP contribution in [0.5, 0.6) is 5.75 Å². The minimum absolute atomic E-state index is 0.0587. The van der Waals surface area contributed by atoms with E-state index in [9.17, 15) is 4.79 Å². The van der Waals surface area contributed by atoms with Crippen molar-refractivity contribution in [1.82, 2.24) is 14.3 Å². The van der Waals surface area contributed by atoms with Crippen molar-refractivity contribution < 1.29 is 9.53 Å². The number of piperidine rings is 1. The molecule has 140 valence electrons. The number of carbonyl (C=O) groups excluding carboxylic acids is 1. The number of aryl methyl sites for hydroxylation is 1. The fraction of sp³-hybridized carbons (Fsp3) is 0.364. The number of hydrogen-bond donors (Lipinski definition) is 0. The van der Waals surface area contributed by atoms with Crippen LogP contribution in [0.4, 0.5) is 0 Å². The van der Waals surface area contributed by atoms with E-state index in [1.54, 1.807) is 0 Å². The molecule has 5 nitrogen and oxygen atoms in total. The zero-order chi connectivity index (χ0) is 18.8. The monoisotopic (exact) mass is 363 g/mol. The van der Waals surface area contributed by atoms with Crippen molar-refractivity contribution in [3.8, 4) is 5.75 Å². The van der Waals surface area contributed by atoms with Gasteiger partial charge in [0.25, 0.3) is 5.91 Å². The minimum Gasteiger partial charge on any atom is -0.486 e. The van der Waals surface area contributed by atoms with E-state index in [0.717, 1.165) is 42.8 Å². The maximum absolute atomic E-state index is 13.0. The van der Waals surface area contributed by atoms with Crippen LogP contribution in [0, 0.1) is 12.8 Å². The van der Waals surface area contributed by atoms with Gasteiger partial charge in [0.1, 0.15) is 18.0 Å². The quantitative estimate of drug-likeness (QED) is 0.701. The van der Waals surface area contributed by atoms with Crippen molar-refractivity contribution in [3.05, 3.63) is 65.6 Å². The molecule has 0 bridgehead atoms. The largest absolute Gasteiger partial charge is 0.486 e. The fourth-order valence-corrected chi connectivity index (χ4v) is 3.58. The van der Waals surface area contributed by atoms with Gasteiger partial charge in [0, 0.05) is 25.5 Å². The Hall–Kier alpha value is -2.82. The molecular weight excluding hydrogens is 338 g/mol. The molecule has 3 heterocycles. The first kappa shape index (κ1) is 17.6. The third kappa shape index (κ3) is 3.68. The van der Waals surface area contributed by atoms with Gasteiger partial charge in [-0.2, -0.15) is 0 Å². The zero-order valence-corrected chi connectivity index (χ0v) is 15.9. The van der Waals surface area contributed by atoms with Gasteiger partial charge in [-0.15, -0.1) is 0 Å². The summed E-state index contributed by atoms with van der Waals surface area (Å²) in [6, 6.07) is 11.5. The molecule has 1 saturated heterocycles. The number of amides is 1. The summed E-state index contributed by atoms with van der Waals surface area (Å²) in [5.74, 6) is 1.37. The lowest BCUT2D eigenvalue weighted by atomic mass is 9.98. The van der Waals surface area contributed by atoms with Crippen molar-refractivity contribution in [2.75, 3.05) is 13.1 Å². The van der Waals surface area contributed by atoms with Gasteiger partial charge < -0.3 is 14.0 Å². The molecule has 1 aliphatic heterocycles. The van der Waals surface area contributed by atoms with Gasteiger partial charge in [0.05, 0.1) is 11.3 Å². The minimum atomic E-state index is 0.0587. The van der Waals surface area contributed by atoms with Crippen molar-refractivity contribution >= 4 is 11.6 Å². The molecule has 0 N–H and O–H groups in total. The topological polar surface area (TPSA) is 46.8 Å². The van der Waals surface area contributed by atoms with Crippen LogP contribution in [0.2, 0.25) is 0 Å².